The molecule has 2 heterocycles. The highest BCUT2D eigenvalue weighted by Crippen LogP contribution is 2.26. The molecule has 0 radical (unpaired) electrons. The Morgan fingerprint density at radius 2 is 1.57 bits per heavy atom. The normalized spacial score (nSPS) is 14.9. The van der Waals surface area contributed by atoms with Crippen molar-refractivity contribution in [2.45, 2.75) is 29.1 Å². The summed E-state index contributed by atoms with van der Waals surface area (Å²) in [6.07, 6.45) is 4.04. The molecular formula is C23H23ClN4O5S2. The van der Waals surface area contributed by atoms with Gasteiger partial charge in [-0.25, -0.2) is 21.8 Å². The average molecular weight is 535 g/mol. The van der Waals surface area contributed by atoms with Crippen molar-refractivity contribution in [3.05, 3.63) is 77.4 Å². The number of pyridine rings is 1. The highest BCUT2D eigenvalue weighted by molar-refractivity contribution is 7.92. The molecule has 1 aliphatic heterocycles. The molecule has 12 heteroatoms. The summed E-state index contributed by atoms with van der Waals surface area (Å²) < 4.78 is 54.8. The summed E-state index contributed by atoms with van der Waals surface area (Å²) in [6.45, 7) is 0.883. The number of sulfonamides is 2. The van der Waals surface area contributed by atoms with Crippen molar-refractivity contribution in [1.29, 1.82) is 0 Å². The molecule has 9 nitrogen and oxygen atoms in total. The average Bonchev–Trinajstić information content (AvgIpc) is 2.85. The van der Waals surface area contributed by atoms with Crippen molar-refractivity contribution in [3.8, 4) is 0 Å². The number of rotatable bonds is 7. The number of hydrogen-bond donors (Lipinski definition) is 2. The lowest BCUT2D eigenvalue weighted by molar-refractivity contribution is 0.102. The predicted molar refractivity (Wildman–Crippen MR) is 134 cm³/mol. The Morgan fingerprint density at radius 1 is 0.886 bits per heavy atom. The maximum atomic E-state index is 13.0. The van der Waals surface area contributed by atoms with Crippen molar-refractivity contribution < 1.29 is 21.6 Å². The Kier molecular flexibility index (Phi) is 7.41. The number of benzene rings is 2. The van der Waals surface area contributed by atoms with Crippen LogP contribution in [-0.4, -0.2) is 45.1 Å². The molecule has 4 rings (SSSR count). The van der Waals surface area contributed by atoms with Gasteiger partial charge in [-0.3, -0.25) is 9.52 Å². The molecule has 0 unspecified atom stereocenters. The number of carbonyl (C=O) groups excluding carboxylic acids is 1. The number of nitrogens with one attached hydrogen (secondary N) is 2. The molecule has 184 valence electrons. The third-order valence-corrected chi connectivity index (χ3v) is 9.06. The SMILES string of the molecule is O=C(Nc1ccc(S(=O)(=O)Nc2ccccn2)cc1)c1cc(S(=O)(=O)N2CCCCC2)ccc1Cl. The monoisotopic (exact) mass is 534 g/mol. The molecule has 1 fully saturated rings. The number of hydrogen-bond acceptors (Lipinski definition) is 6. The molecule has 3 aromatic rings. The van der Waals surface area contributed by atoms with Crippen LogP contribution in [0.3, 0.4) is 0 Å². The van der Waals surface area contributed by atoms with Gasteiger partial charge in [0.1, 0.15) is 5.82 Å². The van der Waals surface area contributed by atoms with Gasteiger partial charge in [-0.15, -0.1) is 0 Å². The second-order valence-corrected chi connectivity index (χ2v) is 11.9. The van der Waals surface area contributed by atoms with Gasteiger partial charge in [-0.2, -0.15) is 4.31 Å². The van der Waals surface area contributed by atoms with Crippen LogP contribution >= 0.6 is 11.6 Å². The van der Waals surface area contributed by atoms with Crippen LogP contribution in [0.2, 0.25) is 5.02 Å². The Bertz CT molecular complexity index is 1420. The van der Waals surface area contributed by atoms with Crippen LogP contribution in [0.25, 0.3) is 0 Å². The van der Waals surface area contributed by atoms with Crippen molar-refractivity contribution in [2.75, 3.05) is 23.1 Å². The van der Waals surface area contributed by atoms with Crippen LogP contribution in [0.4, 0.5) is 11.5 Å². The fraction of sp³-hybridized carbons (Fsp3) is 0.217. The topological polar surface area (TPSA) is 126 Å². The standard InChI is InChI=1S/C23H23ClN4O5S2/c24-21-12-11-19(35(32,33)28-14-4-1-5-15-28)16-20(21)23(29)26-17-7-9-18(10-8-17)34(30,31)27-22-6-2-3-13-25-22/h2-3,6-13,16H,1,4-5,14-15H2,(H,25,27)(H,26,29). The first-order valence-electron chi connectivity index (χ1n) is 10.8. The lowest BCUT2D eigenvalue weighted by Gasteiger charge is -2.26. The predicted octanol–water partition coefficient (Wildman–Crippen LogP) is 3.96. The van der Waals surface area contributed by atoms with E-state index < -0.39 is 26.0 Å². The van der Waals surface area contributed by atoms with Crippen LogP contribution in [0.1, 0.15) is 29.6 Å². The van der Waals surface area contributed by atoms with Crippen LogP contribution in [0.5, 0.6) is 0 Å². The number of amides is 1. The molecule has 1 aromatic heterocycles. The van der Waals surface area contributed by atoms with Gasteiger partial charge in [0.2, 0.25) is 10.0 Å². The van der Waals surface area contributed by atoms with E-state index in [-0.39, 0.29) is 26.2 Å². The zero-order chi connectivity index (χ0) is 25.1. The van der Waals surface area contributed by atoms with Crippen molar-refractivity contribution in [2.24, 2.45) is 0 Å². The van der Waals surface area contributed by atoms with E-state index in [4.69, 9.17) is 11.6 Å². The minimum absolute atomic E-state index is 0.00160. The van der Waals surface area contributed by atoms with E-state index >= 15 is 0 Å². The van der Waals surface area contributed by atoms with E-state index in [1.54, 1.807) is 12.1 Å². The van der Waals surface area contributed by atoms with Gasteiger partial charge in [0.15, 0.2) is 0 Å². The Hall–Kier alpha value is -2.99. The highest BCUT2D eigenvalue weighted by Gasteiger charge is 2.27. The number of piperidine rings is 1. The lowest BCUT2D eigenvalue weighted by atomic mass is 10.2. The van der Waals surface area contributed by atoms with Gasteiger partial charge in [0, 0.05) is 25.0 Å². The number of aromatic nitrogens is 1. The first-order valence-corrected chi connectivity index (χ1v) is 14.1. The van der Waals surface area contributed by atoms with Crippen LogP contribution in [-0.2, 0) is 20.0 Å². The zero-order valence-electron chi connectivity index (χ0n) is 18.5. The number of anilines is 2. The van der Waals surface area contributed by atoms with Crippen molar-refractivity contribution in [1.82, 2.24) is 9.29 Å². The van der Waals surface area contributed by atoms with E-state index in [1.165, 1.54) is 59.0 Å². The minimum Gasteiger partial charge on any atom is -0.322 e. The molecule has 0 spiro atoms. The first-order chi connectivity index (χ1) is 16.7. The molecule has 35 heavy (non-hydrogen) atoms. The summed E-state index contributed by atoms with van der Waals surface area (Å²) in [4.78, 5) is 16.8. The molecular weight excluding hydrogens is 512 g/mol. The summed E-state index contributed by atoms with van der Waals surface area (Å²) in [5.41, 5.74) is 0.311. The third kappa shape index (κ3) is 5.81. The number of nitrogens with zero attached hydrogens (tertiary/aromatic N) is 2. The van der Waals surface area contributed by atoms with Crippen molar-refractivity contribution >= 4 is 49.1 Å². The van der Waals surface area contributed by atoms with E-state index in [2.05, 4.69) is 15.0 Å². The first kappa shape index (κ1) is 25.1. The third-order valence-electron chi connectivity index (χ3n) is 5.46. The summed E-state index contributed by atoms with van der Waals surface area (Å²) >= 11 is 6.19. The molecule has 1 amide bonds. The number of halogens is 1. The smallest absolute Gasteiger partial charge is 0.263 e. The van der Waals surface area contributed by atoms with Gasteiger partial charge in [0.05, 0.1) is 20.4 Å². The van der Waals surface area contributed by atoms with Gasteiger partial charge in [-0.1, -0.05) is 24.1 Å². The van der Waals surface area contributed by atoms with E-state index in [0.717, 1.165) is 19.3 Å². The van der Waals surface area contributed by atoms with Crippen LogP contribution in [0.15, 0.2) is 76.7 Å². The molecule has 1 saturated heterocycles. The second-order valence-electron chi connectivity index (χ2n) is 7.91. The van der Waals surface area contributed by atoms with E-state index in [0.29, 0.717) is 18.8 Å². The molecule has 0 saturated carbocycles. The largest absolute Gasteiger partial charge is 0.322 e. The van der Waals surface area contributed by atoms with Crippen LogP contribution < -0.4 is 10.0 Å². The van der Waals surface area contributed by atoms with Gasteiger partial charge < -0.3 is 5.32 Å². The molecule has 2 aromatic carbocycles. The minimum atomic E-state index is -3.87. The summed E-state index contributed by atoms with van der Waals surface area (Å²) in [5, 5.41) is 2.72. The fourth-order valence-corrected chi connectivity index (χ4v) is 6.38. The summed E-state index contributed by atoms with van der Waals surface area (Å²) in [5.74, 6) is -0.438. The molecule has 2 N–H and O–H groups in total. The zero-order valence-corrected chi connectivity index (χ0v) is 20.9. The van der Waals surface area contributed by atoms with Gasteiger partial charge in [0.25, 0.3) is 15.9 Å². The van der Waals surface area contributed by atoms with Gasteiger partial charge in [-0.05, 0) is 67.4 Å². The summed E-state index contributed by atoms with van der Waals surface area (Å²) in [6, 6.07) is 14.4. The Balaban J connectivity index is 1.50. The van der Waals surface area contributed by atoms with Gasteiger partial charge >= 0.3 is 0 Å². The summed E-state index contributed by atoms with van der Waals surface area (Å²) in [7, 11) is -7.61. The molecule has 1 aliphatic rings. The van der Waals surface area contributed by atoms with Crippen molar-refractivity contribution in [3.63, 3.8) is 0 Å². The van der Waals surface area contributed by atoms with E-state index in [1.807, 2.05) is 0 Å². The quantitative estimate of drug-likeness (QED) is 0.472. The molecule has 0 aliphatic carbocycles. The number of carbonyl (C=O) groups is 1. The maximum Gasteiger partial charge on any atom is 0.263 e. The van der Waals surface area contributed by atoms with Crippen LogP contribution in [0, 0.1) is 0 Å². The highest BCUT2D eigenvalue weighted by atomic mass is 35.5. The second kappa shape index (κ2) is 10.3. The Labute approximate surface area is 209 Å². The molecule has 0 atom stereocenters. The maximum absolute atomic E-state index is 13.0. The van der Waals surface area contributed by atoms with E-state index in [9.17, 15) is 21.6 Å². The molecule has 0 bridgehead atoms. The fourth-order valence-electron chi connectivity index (χ4n) is 3.63. The Morgan fingerprint density at radius 3 is 2.23 bits per heavy atom. The lowest BCUT2D eigenvalue weighted by Crippen LogP contribution is -2.35.